The zero-order chi connectivity index (χ0) is 31.4. The molecular weight excluding hydrogens is 603 g/mol. The first kappa shape index (κ1) is 34.2. The van der Waals surface area contributed by atoms with Crippen LogP contribution in [0.4, 0.5) is 24.7 Å². The van der Waals surface area contributed by atoms with E-state index in [0.29, 0.717) is 36.7 Å². The fraction of sp³-hybridized carbons (Fsp3) is 0.500. The molecule has 2 aromatic carbocycles. The Morgan fingerprint density at radius 2 is 1.73 bits per heavy atom. The predicted molar refractivity (Wildman–Crippen MR) is 171 cm³/mol. The molecule has 0 amide bonds. The van der Waals surface area contributed by atoms with Gasteiger partial charge in [0.1, 0.15) is 0 Å². The maximum Gasteiger partial charge on any atom is 0.416 e. The fourth-order valence-corrected chi connectivity index (χ4v) is 6.77. The second kappa shape index (κ2) is 14.6. The molecule has 1 saturated carbocycles. The summed E-state index contributed by atoms with van der Waals surface area (Å²) in [7, 11) is 1.81. The lowest BCUT2D eigenvalue weighted by molar-refractivity contribution is -0.143. The fourth-order valence-electron chi connectivity index (χ4n) is 6.77. The number of hydrogen-bond acceptors (Lipinski definition) is 5. The Morgan fingerprint density at radius 1 is 1.04 bits per heavy atom. The number of hydrogen-bond donors (Lipinski definition) is 1. The Balaban J connectivity index is 0.00000461. The van der Waals surface area contributed by atoms with Crippen LogP contribution in [0.2, 0.25) is 0 Å². The van der Waals surface area contributed by atoms with E-state index in [1.54, 1.807) is 4.68 Å². The van der Waals surface area contributed by atoms with Crippen LogP contribution in [0.25, 0.3) is 0 Å². The van der Waals surface area contributed by atoms with Crippen LogP contribution in [-0.2, 0) is 43.9 Å². The van der Waals surface area contributed by atoms with E-state index in [4.69, 9.17) is 0 Å². The molecule has 0 radical (unpaired) electrons. The Hall–Kier alpha value is -3.71. The van der Waals surface area contributed by atoms with E-state index >= 15 is 0 Å². The molecule has 45 heavy (non-hydrogen) atoms. The van der Waals surface area contributed by atoms with Gasteiger partial charge in [0.05, 0.1) is 23.1 Å². The highest BCUT2D eigenvalue weighted by molar-refractivity contribution is 5.85. The molecule has 11 heteroatoms. The number of carboxylic acids is 1. The van der Waals surface area contributed by atoms with Gasteiger partial charge in [-0.05, 0) is 111 Å². The van der Waals surface area contributed by atoms with Crippen molar-refractivity contribution in [3.63, 3.8) is 0 Å². The number of aromatic nitrogens is 2. The van der Waals surface area contributed by atoms with Gasteiger partial charge in [-0.3, -0.25) is 9.48 Å². The van der Waals surface area contributed by atoms with Crippen LogP contribution in [0, 0.1) is 23.2 Å². The molecule has 0 saturated heterocycles. The number of alkyl halides is 3. The zero-order valence-electron chi connectivity index (χ0n) is 25.8. The van der Waals surface area contributed by atoms with Crippen molar-refractivity contribution < 1.29 is 23.1 Å². The summed E-state index contributed by atoms with van der Waals surface area (Å²) in [6.07, 6.45) is 4.70. The van der Waals surface area contributed by atoms with Gasteiger partial charge in [0.2, 0.25) is 0 Å². The minimum absolute atomic E-state index is 0. The molecule has 1 N–H and O–H groups in total. The SMILES string of the molecule is CCN(CC1CCC(C(=O)O)CC1)c1cc2c(cc1CN(Cc1cc(C#N)cc(C(F)(F)F)c1)c1ccn(C)n1)CCCC2.Cl. The van der Waals surface area contributed by atoms with Gasteiger partial charge in [-0.15, -0.1) is 12.4 Å². The summed E-state index contributed by atoms with van der Waals surface area (Å²) in [5.41, 5.74) is 4.41. The molecule has 5 rings (SSSR count). The summed E-state index contributed by atoms with van der Waals surface area (Å²) >= 11 is 0. The molecule has 1 fully saturated rings. The summed E-state index contributed by atoms with van der Waals surface area (Å²) in [4.78, 5) is 15.9. The molecule has 2 aliphatic rings. The lowest BCUT2D eigenvalue weighted by Crippen LogP contribution is -2.34. The number of aliphatic carboxylic acids is 1. The highest BCUT2D eigenvalue weighted by atomic mass is 35.5. The second-order valence-corrected chi connectivity index (χ2v) is 12.3. The summed E-state index contributed by atoms with van der Waals surface area (Å²) in [6, 6.07) is 11.9. The number of anilines is 2. The van der Waals surface area contributed by atoms with Crippen LogP contribution in [0.5, 0.6) is 0 Å². The monoisotopic (exact) mass is 643 g/mol. The number of carbonyl (C=O) groups is 1. The van der Waals surface area contributed by atoms with E-state index in [1.165, 1.54) is 17.2 Å². The summed E-state index contributed by atoms with van der Waals surface area (Å²) < 4.78 is 42.8. The third-order valence-corrected chi connectivity index (χ3v) is 9.15. The van der Waals surface area contributed by atoms with Crippen molar-refractivity contribution >= 4 is 29.9 Å². The van der Waals surface area contributed by atoms with E-state index in [2.05, 4.69) is 29.1 Å². The number of aryl methyl sites for hydroxylation is 3. The maximum atomic E-state index is 13.7. The zero-order valence-corrected chi connectivity index (χ0v) is 26.6. The highest BCUT2D eigenvalue weighted by Gasteiger charge is 2.32. The third-order valence-electron chi connectivity index (χ3n) is 9.15. The van der Waals surface area contributed by atoms with E-state index in [-0.39, 0.29) is 30.4 Å². The Labute approximate surface area is 269 Å². The largest absolute Gasteiger partial charge is 0.481 e. The first-order valence-electron chi connectivity index (χ1n) is 15.5. The Morgan fingerprint density at radius 3 is 2.31 bits per heavy atom. The van der Waals surface area contributed by atoms with Crippen LogP contribution < -0.4 is 9.80 Å². The molecule has 0 bridgehead atoms. The van der Waals surface area contributed by atoms with E-state index in [1.807, 2.05) is 30.3 Å². The van der Waals surface area contributed by atoms with Gasteiger partial charge < -0.3 is 14.9 Å². The number of nitriles is 1. The maximum absolute atomic E-state index is 13.7. The molecule has 1 aromatic heterocycles. The van der Waals surface area contributed by atoms with Crippen LogP contribution in [-0.4, -0.2) is 33.9 Å². The Bertz CT molecular complexity index is 1520. The number of fused-ring (bicyclic) bond motifs is 1. The first-order chi connectivity index (χ1) is 21.0. The van der Waals surface area contributed by atoms with Crippen molar-refractivity contribution in [3.8, 4) is 6.07 Å². The van der Waals surface area contributed by atoms with Crippen molar-refractivity contribution in [1.82, 2.24) is 9.78 Å². The van der Waals surface area contributed by atoms with E-state index < -0.39 is 17.7 Å². The quantitative estimate of drug-likeness (QED) is 0.246. The number of rotatable bonds is 10. The molecule has 242 valence electrons. The topological polar surface area (TPSA) is 85.4 Å². The van der Waals surface area contributed by atoms with Crippen molar-refractivity contribution in [2.24, 2.45) is 18.9 Å². The van der Waals surface area contributed by atoms with Crippen LogP contribution >= 0.6 is 12.4 Å². The second-order valence-electron chi connectivity index (χ2n) is 12.3. The van der Waals surface area contributed by atoms with Crippen LogP contribution in [0.1, 0.15) is 78.8 Å². The molecule has 0 unspecified atom stereocenters. The number of halogens is 4. The normalized spacial score (nSPS) is 18.0. The van der Waals surface area contributed by atoms with Gasteiger partial charge in [0, 0.05) is 51.2 Å². The molecule has 2 aliphatic carbocycles. The lowest BCUT2D eigenvalue weighted by atomic mass is 9.81. The van der Waals surface area contributed by atoms with Gasteiger partial charge in [0.15, 0.2) is 5.82 Å². The van der Waals surface area contributed by atoms with Crippen molar-refractivity contribution in [2.45, 2.75) is 77.6 Å². The average molecular weight is 644 g/mol. The van der Waals surface area contributed by atoms with Gasteiger partial charge in [-0.1, -0.05) is 6.07 Å². The Kier molecular flexibility index (Phi) is 11.1. The minimum atomic E-state index is -4.56. The molecule has 0 aliphatic heterocycles. The first-order valence-corrected chi connectivity index (χ1v) is 15.5. The standard InChI is InChI=1S/C34H40F3N5O2.ClH/c1-3-41(20-23-8-10-26(11-9-23)33(43)44)31-18-28-7-5-4-6-27(28)17-29(31)22-42(32-12-13-40(2)39-32)21-25-14-24(19-38)15-30(16-25)34(35,36)37;/h12-18,23,26H,3-11,20-22H2,1-2H3,(H,43,44);1H. The lowest BCUT2D eigenvalue weighted by Gasteiger charge is -2.35. The van der Waals surface area contributed by atoms with Gasteiger partial charge in [0.25, 0.3) is 0 Å². The van der Waals surface area contributed by atoms with E-state index in [0.717, 1.165) is 75.0 Å². The molecular formula is C34H41ClF3N5O2. The minimum Gasteiger partial charge on any atom is -0.481 e. The van der Waals surface area contributed by atoms with Gasteiger partial charge in [-0.2, -0.15) is 23.5 Å². The number of nitrogens with zero attached hydrogens (tertiary/aromatic N) is 5. The molecule has 0 atom stereocenters. The van der Waals surface area contributed by atoms with Crippen molar-refractivity contribution in [3.05, 3.63) is 76.0 Å². The smallest absolute Gasteiger partial charge is 0.416 e. The van der Waals surface area contributed by atoms with Crippen molar-refractivity contribution in [1.29, 1.82) is 5.26 Å². The summed E-state index contributed by atoms with van der Waals surface area (Å²) in [5.74, 6) is 0.0768. The molecule has 3 aromatic rings. The number of carboxylic acid groups (broad SMARTS) is 1. The van der Waals surface area contributed by atoms with Gasteiger partial charge >= 0.3 is 12.1 Å². The highest BCUT2D eigenvalue weighted by Crippen LogP contribution is 2.36. The predicted octanol–water partition coefficient (Wildman–Crippen LogP) is 7.54. The third kappa shape index (κ3) is 8.31. The van der Waals surface area contributed by atoms with Gasteiger partial charge in [-0.25, -0.2) is 0 Å². The molecule has 0 spiro atoms. The summed E-state index contributed by atoms with van der Waals surface area (Å²) in [6.45, 7) is 4.33. The van der Waals surface area contributed by atoms with Crippen molar-refractivity contribution in [2.75, 3.05) is 22.9 Å². The van der Waals surface area contributed by atoms with Crippen LogP contribution in [0.15, 0.2) is 42.6 Å². The van der Waals surface area contributed by atoms with E-state index in [9.17, 15) is 28.3 Å². The molecule has 7 nitrogen and oxygen atoms in total. The molecule has 1 heterocycles. The van der Waals surface area contributed by atoms with Crippen LogP contribution in [0.3, 0.4) is 0 Å². The summed E-state index contributed by atoms with van der Waals surface area (Å²) in [5, 5.41) is 23.5. The number of benzene rings is 2. The average Bonchev–Trinajstić information content (AvgIpc) is 3.45.